The number of aromatic nitrogens is 1. The normalized spacial score (nSPS) is 11.7. The van der Waals surface area contributed by atoms with Gasteiger partial charge in [0, 0.05) is 17.3 Å². The molecule has 5 heteroatoms. The van der Waals surface area contributed by atoms with Gasteiger partial charge in [0.25, 0.3) is 0 Å². The van der Waals surface area contributed by atoms with E-state index in [-0.39, 0.29) is 23.6 Å². The summed E-state index contributed by atoms with van der Waals surface area (Å²) in [6.07, 6.45) is 0. The maximum atomic E-state index is 13.7. The molecule has 1 aromatic heterocycles. The molecule has 0 bridgehead atoms. The highest BCUT2D eigenvalue weighted by atomic mass is 32.1. The van der Waals surface area contributed by atoms with E-state index in [1.165, 1.54) is 17.4 Å². The van der Waals surface area contributed by atoms with Crippen LogP contribution in [-0.2, 0) is 18.6 Å². The molecule has 3 nitrogen and oxygen atoms in total. The molecule has 0 unspecified atom stereocenters. The van der Waals surface area contributed by atoms with Crippen molar-refractivity contribution >= 4 is 11.3 Å². The highest BCUT2D eigenvalue weighted by Gasteiger charge is 2.17. The first-order chi connectivity index (χ1) is 9.40. The van der Waals surface area contributed by atoms with E-state index in [2.05, 4.69) is 25.8 Å². The quantitative estimate of drug-likeness (QED) is 0.937. The second kappa shape index (κ2) is 5.89. The number of halogens is 1. The Hall–Kier alpha value is -1.46. The Labute approximate surface area is 122 Å². The van der Waals surface area contributed by atoms with Gasteiger partial charge in [-0.15, -0.1) is 11.3 Å². The molecule has 1 heterocycles. The molecule has 0 radical (unpaired) electrons. The second-order valence-corrected chi connectivity index (χ2v) is 6.58. The zero-order valence-corrected chi connectivity index (χ0v) is 12.8. The smallest absolute Gasteiger partial charge is 0.165 e. The number of hydrogen-bond donors (Lipinski definition) is 1. The molecule has 108 valence electrons. The minimum atomic E-state index is -0.388. The van der Waals surface area contributed by atoms with Crippen molar-refractivity contribution in [2.75, 3.05) is 0 Å². The van der Waals surface area contributed by atoms with Crippen molar-refractivity contribution in [3.8, 4) is 5.75 Å². The lowest BCUT2D eigenvalue weighted by molar-refractivity contribution is 0.289. The van der Waals surface area contributed by atoms with Crippen molar-refractivity contribution in [3.05, 3.63) is 45.7 Å². The Bertz CT molecular complexity index is 590. The van der Waals surface area contributed by atoms with Gasteiger partial charge >= 0.3 is 0 Å². The standard InChI is InChI=1S/C15H19FN2OS/c1-15(2,3)13-9-20-14(18-13)8-19-12-5-4-10(7-17)6-11(12)16/h4-6,9H,7-8,17H2,1-3H3. The first-order valence-corrected chi connectivity index (χ1v) is 7.34. The van der Waals surface area contributed by atoms with Crippen LogP contribution in [-0.4, -0.2) is 4.98 Å². The first kappa shape index (κ1) is 14.9. The number of rotatable bonds is 4. The Morgan fingerprint density at radius 1 is 1.35 bits per heavy atom. The van der Waals surface area contributed by atoms with E-state index in [4.69, 9.17) is 10.5 Å². The van der Waals surface area contributed by atoms with E-state index < -0.39 is 0 Å². The van der Waals surface area contributed by atoms with Gasteiger partial charge in [0.15, 0.2) is 11.6 Å². The molecule has 0 fully saturated rings. The van der Waals surface area contributed by atoms with E-state index in [0.29, 0.717) is 6.54 Å². The molecule has 0 saturated heterocycles. The summed E-state index contributed by atoms with van der Waals surface area (Å²) in [7, 11) is 0. The monoisotopic (exact) mass is 294 g/mol. The summed E-state index contributed by atoms with van der Waals surface area (Å²) in [6, 6.07) is 4.77. The van der Waals surface area contributed by atoms with Crippen LogP contribution in [0.1, 0.15) is 37.0 Å². The van der Waals surface area contributed by atoms with Crippen LogP contribution in [0.2, 0.25) is 0 Å². The summed E-state index contributed by atoms with van der Waals surface area (Å²) >= 11 is 1.53. The van der Waals surface area contributed by atoms with Crippen molar-refractivity contribution in [2.24, 2.45) is 5.73 Å². The van der Waals surface area contributed by atoms with Crippen molar-refractivity contribution in [1.29, 1.82) is 0 Å². The van der Waals surface area contributed by atoms with E-state index >= 15 is 0 Å². The Morgan fingerprint density at radius 2 is 2.10 bits per heavy atom. The van der Waals surface area contributed by atoms with Gasteiger partial charge in [-0.05, 0) is 17.7 Å². The van der Waals surface area contributed by atoms with Crippen molar-refractivity contribution < 1.29 is 9.13 Å². The predicted octanol–water partition coefficient (Wildman–Crippen LogP) is 3.62. The predicted molar refractivity (Wildman–Crippen MR) is 79.4 cm³/mol. The third-order valence-electron chi connectivity index (χ3n) is 2.90. The minimum absolute atomic E-state index is 0.0166. The summed E-state index contributed by atoms with van der Waals surface area (Å²) in [6.45, 7) is 6.92. The van der Waals surface area contributed by atoms with Gasteiger partial charge in [0.1, 0.15) is 11.6 Å². The van der Waals surface area contributed by atoms with E-state index in [0.717, 1.165) is 16.3 Å². The third kappa shape index (κ3) is 3.55. The molecule has 0 saturated carbocycles. The number of ether oxygens (including phenoxy) is 1. The minimum Gasteiger partial charge on any atom is -0.483 e. The molecule has 0 aliphatic heterocycles. The summed E-state index contributed by atoms with van der Waals surface area (Å²) in [5, 5.41) is 2.87. The molecule has 0 amide bonds. The summed E-state index contributed by atoms with van der Waals surface area (Å²) in [5.74, 6) is -0.157. The average molecular weight is 294 g/mol. The largest absolute Gasteiger partial charge is 0.483 e. The van der Waals surface area contributed by atoms with Crippen LogP contribution in [0.15, 0.2) is 23.6 Å². The molecule has 2 rings (SSSR count). The van der Waals surface area contributed by atoms with Crippen LogP contribution in [0.5, 0.6) is 5.75 Å². The van der Waals surface area contributed by atoms with Gasteiger partial charge in [0.2, 0.25) is 0 Å². The highest BCUT2D eigenvalue weighted by Crippen LogP contribution is 2.25. The molecule has 0 aliphatic rings. The lowest BCUT2D eigenvalue weighted by Gasteiger charge is -2.14. The van der Waals surface area contributed by atoms with Crippen LogP contribution in [0.4, 0.5) is 4.39 Å². The van der Waals surface area contributed by atoms with E-state index in [1.54, 1.807) is 12.1 Å². The van der Waals surface area contributed by atoms with Gasteiger partial charge in [-0.3, -0.25) is 0 Å². The fourth-order valence-corrected chi connectivity index (χ4v) is 2.58. The molecule has 0 atom stereocenters. The zero-order valence-electron chi connectivity index (χ0n) is 11.9. The lowest BCUT2D eigenvalue weighted by Crippen LogP contribution is -2.11. The average Bonchev–Trinajstić information content (AvgIpc) is 2.86. The fraction of sp³-hybridized carbons (Fsp3) is 0.400. The maximum absolute atomic E-state index is 13.7. The van der Waals surface area contributed by atoms with E-state index in [9.17, 15) is 4.39 Å². The van der Waals surface area contributed by atoms with Crippen molar-refractivity contribution in [2.45, 2.75) is 39.3 Å². The van der Waals surface area contributed by atoms with Gasteiger partial charge in [0.05, 0.1) is 5.69 Å². The molecule has 2 N–H and O–H groups in total. The van der Waals surface area contributed by atoms with Crippen LogP contribution in [0.25, 0.3) is 0 Å². The van der Waals surface area contributed by atoms with Gasteiger partial charge in [-0.1, -0.05) is 26.8 Å². The highest BCUT2D eigenvalue weighted by molar-refractivity contribution is 7.09. The Morgan fingerprint density at radius 3 is 2.65 bits per heavy atom. The van der Waals surface area contributed by atoms with Crippen LogP contribution >= 0.6 is 11.3 Å². The van der Waals surface area contributed by atoms with Gasteiger partial charge in [-0.25, -0.2) is 9.37 Å². The molecule has 20 heavy (non-hydrogen) atoms. The van der Waals surface area contributed by atoms with Crippen LogP contribution in [0, 0.1) is 5.82 Å². The molecular formula is C15H19FN2OS. The summed E-state index contributed by atoms with van der Waals surface area (Å²) in [5.41, 5.74) is 7.26. The summed E-state index contributed by atoms with van der Waals surface area (Å²) in [4.78, 5) is 4.51. The second-order valence-electron chi connectivity index (χ2n) is 5.63. The Kier molecular flexibility index (Phi) is 4.40. The number of nitrogens with zero attached hydrogens (tertiary/aromatic N) is 1. The van der Waals surface area contributed by atoms with Gasteiger partial charge in [-0.2, -0.15) is 0 Å². The maximum Gasteiger partial charge on any atom is 0.165 e. The molecule has 0 aliphatic carbocycles. The first-order valence-electron chi connectivity index (χ1n) is 6.46. The SMILES string of the molecule is CC(C)(C)c1csc(COc2ccc(CN)cc2F)n1. The lowest BCUT2D eigenvalue weighted by atomic mass is 9.93. The van der Waals surface area contributed by atoms with Gasteiger partial charge < -0.3 is 10.5 Å². The molecule has 2 aromatic rings. The molecular weight excluding hydrogens is 275 g/mol. The fourth-order valence-electron chi connectivity index (χ4n) is 1.65. The number of hydrogen-bond acceptors (Lipinski definition) is 4. The number of nitrogens with two attached hydrogens (primary N) is 1. The topological polar surface area (TPSA) is 48.1 Å². The van der Waals surface area contributed by atoms with Crippen LogP contribution in [0.3, 0.4) is 0 Å². The van der Waals surface area contributed by atoms with E-state index in [1.807, 2.05) is 5.38 Å². The van der Waals surface area contributed by atoms with Crippen LogP contribution < -0.4 is 10.5 Å². The number of benzene rings is 1. The summed E-state index contributed by atoms with van der Waals surface area (Å²) < 4.78 is 19.2. The molecule has 1 aromatic carbocycles. The number of thiazole rings is 1. The zero-order chi connectivity index (χ0) is 14.8. The third-order valence-corrected chi connectivity index (χ3v) is 3.73. The van der Waals surface area contributed by atoms with Crippen molar-refractivity contribution in [1.82, 2.24) is 4.98 Å². The van der Waals surface area contributed by atoms with Crippen molar-refractivity contribution in [3.63, 3.8) is 0 Å². The molecule has 0 spiro atoms. The Balaban J connectivity index is 2.04.